The summed E-state index contributed by atoms with van der Waals surface area (Å²) in [6, 6.07) is 2.52. The first kappa shape index (κ1) is 14.8. The summed E-state index contributed by atoms with van der Waals surface area (Å²) in [7, 11) is 1.27. The fourth-order valence-electron chi connectivity index (χ4n) is 1.69. The van der Waals surface area contributed by atoms with Gasteiger partial charge in [0.2, 0.25) is 11.7 Å². The van der Waals surface area contributed by atoms with Gasteiger partial charge in [0.05, 0.1) is 12.7 Å². The van der Waals surface area contributed by atoms with Crippen LogP contribution in [0.5, 0.6) is 5.88 Å². The maximum atomic E-state index is 12.7. The molecule has 2 aromatic rings. The molecule has 1 heterocycles. The topological polar surface area (TPSA) is 78.1 Å². The van der Waals surface area contributed by atoms with Gasteiger partial charge in [-0.15, -0.1) is 0 Å². The van der Waals surface area contributed by atoms with Crippen LogP contribution in [0.1, 0.15) is 21.6 Å². The molecule has 2 N–H and O–H groups in total. The Bertz CT molecular complexity index is 687. The second-order valence-electron chi connectivity index (χ2n) is 4.04. The number of ether oxygens (including phenoxy) is 1. The molecule has 0 fully saturated rings. The van der Waals surface area contributed by atoms with Crippen molar-refractivity contribution in [2.75, 3.05) is 12.8 Å². The third-order valence-electron chi connectivity index (χ3n) is 2.70. The van der Waals surface area contributed by atoms with E-state index in [1.807, 2.05) is 0 Å². The van der Waals surface area contributed by atoms with Crippen molar-refractivity contribution in [3.05, 3.63) is 47.4 Å². The summed E-state index contributed by atoms with van der Waals surface area (Å²) >= 11 is 0. The number of methoxy groups -OCH3 is 1. The van der Waals surface area contributed by atoms with Crippen molar-refractivity contribution < 1.29 is 22.7 Å². The molecule has 1 aromatic heterocycles. The molecule has 0 amide bonds. The van der Waals surface area contributed by atoms with Crippen LogP contribution in [-0.4, -0.2) is 22.9 Å². The summed E-state index contributed by atoms with van der Waals surface area (Å²) in [6.07, 6.45) is -2.04. The number of hydrogen-bond donors (Lipinski definition) is 1. The van der Waals surface area contributed by atoms with Crippen LogP contribution in [0.2, 0.25) is 0 Å². The van der Waals surface area contributed by atoms with E-state index in [0.717, 1.165) is 12.1 Å². The van der Waals surface area contributed by atoms with E-state index in [0.29, 0.717) is 6.07 Å². The number of aromatic nitrogens is 2. The fourth-order valence-corrected chi connectivity index (χ4v) is 1.69. The highest BCUT2D eigenvalue weighted by Crippen LogP contribution is 2.32. The zero-order valence-electron chi connectivity index (χ0n) is 10.8. The predicted molar refractivity (Wildman–Crippen MR) is 67.9 cm³/mol. The number of carbonyl (C=O) groups is 1. The first-order valence-corrected chi connectivity index (χ1v) is 5.71. The van der Waals surface area contributed by atoms with E-state index in [1.54, 1.807) is 0 Å². The Balaban J connectivity index is 2.53. The lowest BCUT2D eigenvalue weighted by Gasteiger charge is -2.11. The molecule has 0 radical (unpaired) electrons. The molecule has 0 spiro atoms. The van der Waals surface area contributed by atoms with Crippen molar-refractivity contribution in [3.63, 3.8) is 0 Å². The van der Waals surface area contributed by atoms with Crippen LogP contribution in [0.3, 0.4) is 0 Å². The molecule has 2 rings (SSSR count). The Hall–Kier alpha value is -2.64. The third-order valence-corrected chi connectivity index (χ3v) is 2.70. The van der Waals surface area contributed by atoms with Crippen LogP contribution in [0.25, 0.3) is 0 Å². The van der Waals surface area contributed by atoms with E-state index in [4.69, 9.17) is 10.5 Å². The first-order chi connectivity index (χ1) is 9.84. The smallest absolute Gasteiger partial charge is 0.416 e. The van der Waals surface area contributed by atoms with Gasteiger partial charge in [0, 0.05) is 23.6 Å². The van der Waals surface area contributed by atoms with E-state index in [-0.39, 0.29) is 22.8 Å². The van der Waals surface area contributed by atoms with Crippen LogP contribution in [-0.2, 0) is 6.18 Å². The molecule has 0 aliphatic heterocycles. The Morgan fingerprint density at radius 3 is 2.52 bits per heavy atom. The molecule has 0 atom stereocenters. The van der Waals surface area contributed by atoms with Crippen molar-refractivity contribution in [1.82, 2.24) is 9.97 Å². The number of benzene rings is 1. The SMILES string of the molecule is COc1nccnc1C(=O)c1cc(C(F)(F)F)ccc1N. The molecule has 0 aliphatic carbocycles. The van der Waals surface area contributed by atoms with Gasteiger partial charge in [-0.2, -0.15) is 13.2 Å². The minimum Gasteiger partial charge on any atom is -0.479 e. The number of nitrogens with two attached hydrogens (primary N) is 1. The maximum absolute atomic E-state index is 12.7. The Morgan fingerprint density at radius 2 is 1.90 bits per heavy atom. The second-order valence-corrected chi connectivity index (χ2v) is 4.04. The average Bonchev–Trinajstić information content (AvgIpc) is 2.45. The van der Waals surface area contributed by atoms with E-state index in [9.17, 15) is 18.0 Å². The van der Waals surface area contributed by atoms with Gasteiger partial charge in [-0.05, 0) is 18.2 Å². The molecule has 0 saturated heterocycles. The number of hydrogen-bond acceptors (Lipinski definition) is 5. The molecule has 1 aromatic carbocycles. The van der Waals surface area contributed by atoms with Crippen LogP contribution in [0, 0.1) is 0 Å². The number of carbonyl (C=O) groups excluding carboxylic acids is 1. The molecule has 8 heteroatoms. The maximum Gasteiger partial charge on any atom is 0.416 e. The molecule has 5 nitrogen and oxygen atoms in total. The normalized spacial score (nSPS) is 11.2. The summed E-state index contributed by atoms with van der Waals surface area (Å²) in [5.74, 6) is -0.872. The van der Waals surface area contributed by atoms with E-state index in [2.05, 4.69) is 9.97 Å². The molecular formula is C13H10F3N3O2. The van der Waals surface area contributed by atoms with Crippen LogP contribution < -0.4 is 10.5 Å². The molecule has 110 valence electrons. The van der Waals surface area contributed by atoms with Gasteiger partial charge >= 0.3 is 6.18 Å². The number of ketones is 1. The number of rotatable bonds is 3. The van der Waals surface area contributed by atoms with Gasteiger partial charge in [-0.3, -0.25) is 4.79 Å². The predicted octanol–water partition coefficient (Wildman–Crippen LogP) is 2.32. The third kappa shape index (κ3) is 2.93. The lowest BCUT2D eigenvalue weighted by molar-refractivity contribution is -0.137. The highest BCUT2D eigenvalue weighted by Gasteiger charge is 2.32. The standard InChI is InChI=1S/C13H10F3N3O2/c1-21-12-10(18-4-5-19-12)11(20)8-6-7(13(14,15)16)2-3-9(8)17/h2-6H,17H2,1H3. The van der Waals surface area contributed by atoms with E-state index in [1.165, 1.54) is 19.5 Å². The Kier molecular flexibility index (Phi) is 3.79. The Morgan fingerprint density at radius 1 is 1.24 bits per heavy atom. The zero-order valence-corrected chi connectivity index (χ0v) is 10.8. The fraction of sp³-hybridized carbons (Fsp3) is 0.154. The summed E-state index contributed by atoms with van der Waals surface area (Å²) in [6.45, 7) is 0. The Labute approximate surface area is 117 Å². The number of nitrogen functional groups attached to an aromatic ring is 1. The van der Waals surface area contributed by atoms with Gasteiger partial charge < -0.3 is 10.5 Å². The van der Waals surface area contributed by atoms with Crippen molar-refractivity contribution >= 4 is 11.5 Å². The lowest BCUT2D eigenvalue weighted by atomic mass is 10.0. The summed E-state index contributed by atoms with van der Waals surface area (Å²) < 4.78 is 43.0. The molecular weight excluding hydrogens is 287 g/mol. The monoisotopic (exact) mass is 297 g/mol. The number of nitrogens with zero attached hydrogens (tertiary/aromatic N) is 2. The quantitative estimate of drug-likeness (QED) is 0.695. The second kappa shape index (κ2) is 5.39. The van der Waals surface area contributed by atoms with Crippen LogP contribution in [0.15, 0.2) is 30.6 Å². The molecule has 21 heavy (non-hydrogen) atoms. The van der Waals surface area contributed by atoms with Crippen molar-refractivity contribution in [2.45, 2.75) is 6.18 Å². The van der Waals surface area contributed by atoms with Gasteiger partial charge in [0.25, 0.3) is 0 Å². The van der Waals surface area contributed by atoms with Crippen molar-refractivity contribution in [1.29, 1.82) is 0 Å². The van der Waals surface area contributed by atoms with Crippen LogP contribution >= 0.6 is 0 Å². The van der Waals surface area contributed by atoms with Gasteiger partial charge in [0.1, 0.15) is 0 Å². The molecule has 0 aliphatic rings. The summed E-state index contributed by atoms with van der Waals surface area (Å²) in [5, 5.41) is 0. The molecule has 0 saturated carbocycles. The highest BCUT2D eigenvalue weighted by molar-refractivity contribution is 6.12. The number of halogens is 3. The average molecular weight is 297 g/mol. The van der Waals surface area contributed by atoms with Gasteiger partial charge in [-0.25, -0.2) is 9.97 Å². The first-order valence-electron chi connectivity index (χ1n) is 5.71. The summed E-state index contributed by atoms with van der Waals surface area (Å²) in [5.41, 5.74) is 4.03. The molecule has 0 bridgehead atoms. The minimum absolute atomic E-state index is 0.0827. The van der Waals surface area contributed by atoms with Crippen LogP contribution in [0.4, 0.5) is 18.9 Å². The van der Waals surface area contributed by atoms with Gasteiger partial charge in [-0.1, -0.05) is 0 Å². The van der Waals surface area contributed by atoms with Crippen molar-refractivity contribution in [2.24, 2.45) is 0 Å². The van der Waals surface area contributed by atoms with E-state index < -0.39 is 17.5 Å². The molecule has 0 unspecified atom stereocenters. The number of anilines is 1. The highest BCUT2D eigenvalue weighted by atomic mass is 19.4. The largest absolute Gasteiger partial charge is 0.479 e. The summed E-state index contributed by atoms with van der Waals surface area (Å²) in [4.78, 5) is 19.9. The van der Waals surface area contributed by atoms with Gasteiger partial charge in [0.15, 0.2) is 5.69 Å². The van der Waals surface area contributed by atoms with Crippen molar-refractivity contribution in [3.8, 4) is 5.88 Å². The number of alkyl halides is 3. The van der Waals surface area contributed by atoms with E-state index >= 15 is 0 Å². The minimum atomic E-state index is -4.57. The zero-order chi connectivity index (χ0) is 15.6. The lowest BCUT2D eigenvalue weighted by Crippen LogP contribution is -2.13.